The summed E-state index contributed by atoms with van der Waals surface area (Å²) in [6, 6.07) is 9.17. The summed E-state index contributed by atoms with van der Waals surface area (Å²) in [7, 11) is 0. The van der Waals surface area contributed by atoms with Gasteiger partial charge in [0.25, 0.3) is 0 Å². The lowest BCUT2D eigenvalue weighted by Crippen LogP contribution is -2.48. The fourth-order valence-corrected chi connectivity index (χ4v) is 3.02. The van der Waals surface area contributed by atoms with E-state index < -0.39 is 0 Å². The van der Waals surface area contributed by atoms with E-state index in [0.29, 0.717) is 6.04 Å². The van der Waals surface area contributed by atoms with Gasteiger partial charge in [-0.1, -0.05) is 28.1 Å². The highest BCUT2D eigenvalue weighted by atomic mass is 127. The Morgan fingerprint density at radius 2 is 1.87 bits per heavy atom. The molecule has 1 fully saturated rings. The lowest BCUT2D eigenvalue weighted by molar-refractivity contribution is 0.198. The summed E-state index contributed by atoms with van der Waals surface area (Å²) in [6.07, 6.45) is 2.34. The molecule has 1 aliphatic heterocycles. The number of halogens is 2. The molecule has 0 aromatic heterocycles. The zero-order valence-corrected chi connectivity index (χ0v) is 17.9. The zero-order valence-electron chi connectivity index (χ0n) is 14.0. The molecule has 1 aromatic carbocycles. The van der Waals surface area contributed by atoms with Gasteiger partial charge in [0, 0.05) is 43.2 Å². The van der Waals surface area contributed by atoms with E-state index in [0.717, 1.165) is 43.2 Å². The molecule has 0 bridgehead atoms. The highest BCUT2D eigenvalue weighted by molar-refractivity contribution is 14.0. The van der Waals surface area contributed by atoms with Gasteiger partial charge in [0.15, 0.2) is 5.96 Å². The molecule has 0 saturated carbocycles. The van der Waals surface area contributed by atoms with Gasteiger partial charge in [-0.15, -0.1) is 24.0 Å². The van der Waals surface area contributed by atoms with Crippen LogP contribution in [0.5, 0.6) is 0 Å². The summed E-state index contributed by atoms with van der Waals surface area (Å²) in [5.41, 5.74) is 1.38. The third kappa shape index (κ3) is 7.39. The first-order chi connectivity index (χ1) is 10.7. The number of hydrogen-bond acceptors (Lipinski definition) is 2. The van der Waals surface area contributed by atoms with Gasteiger partial charge in [-0.25, -0.2) is 0 Å². The first-order valence-electron chi connectivity index (χ1n) is 8.23. The van der Waals surface area contributed by atoms with Crippen molar-refractivity contribution in [3.05, 3.63) is 34.3 Å². The average molecular weight is 495 g/mol. The molecule has 1 aromatic rings. The van der Waals surface area contributed by atoms with Gasteiger partial charge in [-0.05, 0) is 44.4 Å². The Kier molecular flexibility index (Phi) is 10.1. The molecule has 0 amide bonds. The molecule has 1 saturated heterocycles. The third-order valence-corrected chi connectivity index (χ3v) is 4.44. The van der Waals surface area contributed by atoms with E-state index in [1.807, 2.05) is 0 Å². The zero-order chi connectivity index (χ0) is 15.8. The van der Waals surface area contributed by atoms with Crippen LogP contribution in [0.2, 0.25) is 0 Å². The summed E-state index contributed by atoms with van der Waals surface area (Å²) in [4.78, 5) is 7.01. The second-order valence-electron chi connectivity index (χ2n) is 5.67. The van der Waals surface area contributed by atoms with Crippen molar-refractivity contribution in [1.29, 1.82) is 0 Å². The van der Waals surface area contributed by atoms with Crippen LogP contribution in [0.3, 0.4) is 0 Å². The molecule has 0 atom stereocenters. The van der Waals surface area contributed by atoms with Crippen molar-refractivity contribution in [3.63, 3.8) is 0 Å². The van der Waals surface area contributed by atoms with Crippen molar-refractivity contribution in [3.8, 4) is 0 Å². The van der Waals surface area contributed by atoms with Gasteiger partial charge in [0.1, 0.15) is 0 Å². The maximum Gasteiger partial charge on any atom is 0.191 e. The summed E-state index contributed by atoms with van der Waals surface area (Å²) in [5, 5.41) is 6.86. The molecule has 130 valence electrons. The minimum absolute atomic E-state index is 0. The van der Waals surface area contributed by atoms with Crippen LogP contribution in [0.4, 0.5) is 0 Å². The largest absolute Gasteiger partial charge is 0.357 e. The molecular formula is C17H28BrIN4. The predicted octanol–water partition coefficient (Wildman–Crippen LogP) is 3.61. The molecule has 0 aliphatic carbocycles. The summed E-state index contributed by atoms with van der Waals surface area (Å²) in [5.74, 6) is 0.955. The lowest BCUT2D eigenvalue weighted by Gasteiger charge is -2.33. The highest BCUT2D eigenvalue weighted by Gasteiger charge is 2.19. The number of likely N-dealkylation sites (tertiary alicyclic amines) is 1. The van der Waals surface area contributed by atoms with Crippen molar-refractivity contribution in [2.75, 3.05) is 26.2 Å². The maximum absolute atomic E-state index is 4.48. The fraction of sp³-hybridized carbons (Fsp3) is 0.588. The van der Waals surface area contributed by atoms with Crippen LogP contribution < -0.4 is 10.6 Å². The third-order valence-electron chi connectivity index (χ3n) is 3.91. The number of aliphatic imine (C=N–C) groups is 1. The van der Waals surface area contributed by atoms with Crippen molar-refractivity contribution in [2.24, 2.45) is 4.99 Å². The van der Waals surface area contributed by atoms with Crippen LogP contribution >= 0.6 is 39.9 Å². The van der Waals surface area contributed by atoms with Crippen LogP contribution in [-0.2, 0) is 6.54 Å². The number of rotatable bonds is 5. The van der Waals surface area contributed by atoms with Crippen molar-refractivity contribution >= 4 is 45.9 Å². The first-order valence-corrected chi connectivity index (χ1v) is 9.02. The van der Waals surface area contributed by atoms with Gasteiger partial charge in [0.2, 0.25) is 0 Å². The standard InChI is InChI=1S/C17H27BrN4.HI/c1-3-19-17(20-4-2)21-16-9-11-22(12-10-16)13-14-5-7-15(18)8-6-14;/h5-8,16H,3-4,9-13H2,1-2H3,(H2,19,20,21);1H. The second kappa shape index (κ2) is 11.3. The average Bonchev–Trinajstić information content (AvgIpc) is 2.52. The van der Waals surface area contributed by atoms with E-state index in [-0.39, 0.29) is 24.0 Å². The Labute approximate surface area is 165 Å². The number of benzene rings is 1. The first kappa shape index (κ1) is 20.7. The Morgan fingerprint density at radius 1 is 1.22 bits per heavy atom. The number of nitrogens with one attached hydrogen (secondary N) is 2. The van der Waals surface area contributed by atoms with Gasteiger partial charge in [-0.2, -0.15) is 0 Å². The Bertz CT molecular complexity index is 470. The number of hydrogen-bond donors (Lipinski definition) is 2. The molecule has 23 heavy (non-hydrogen) atoms. The second-order valence-corrected chi connectivity index (χ2v) is 6.59. The van der Waals surface area contributed by atoms with Crippen molar-refractivity contribution in [1.82, 2.24) is 15.5 Å². The SMILES string of the molecule is CCN=C(NCC)NC1CCN(Cc2ccc(Br)cc2)CC1.I. The molecule has 2 N–H and O–H groups in total. The van der Waals surface area contributed by atoms with Crippen LogP contribution in [-0.4, -0.2) is 43.1 Å². The molecule has 0 radical (unpaired) electrons. The minimum Gasteiger partial charge on any atom is -0.357 e. The fourth-order valence-electron chi connectivity index (χ4n) is 2.75. The Morgan fingerprint density at radius 3 is 2.43 bits per heavy atom. The van der Waals surface area contributed by atoms with Crippen LogP contribution in [0.15, 0.2) is 33.7 Å². The van der Waals surface area contributed by atoms with Gasteiger partial charge in [-0.3, -0.25) is 9.89 Å². The molecule has 6 heteroatoms. The summed E-state index contributed by atoms with van der Waals surface area (Å²) >= 11 is 3.49. The number of piperidine rings is 1. The van der Waals surface area contributed by atoms with Gasteiger partial charge < -0.3 is 10.6 Å². The normalized spacial score (nSPS) is 16.7. The van der Waals surface area contributed by atoms with Gasteiger partial charge in [0.05, 0.1) is 0 Å². The Balaban J connectivity index is 0.00000264. The van der Waals surface area contributed by atoms with E-state index in [9.17, 15) is 0 Å². The molecular weight excluding hydrogens is 467 g/mol. The van der Waals surface area contributed by atoms with E-state index >= 15 is 0 Å². The molecule has 1 heterocycles. The monoisotopic (exact) mass is 494 g/mol. The highest BCUT2D eigenvalue weighted by Crippen LogP contribution is 2.16. The summed E-state index contributed by atoms with van der Waals surface area (Å²) < 4.78 is 1.14. The van der Waals surface area contributed by atoms with Crippen LogP contribution in [0, 0.1) is 0 Å². The van der Waals surface area contributed by atoms with Crippen LogP contribution in [0.25, 0.3) is 0 Å². The number of nitrogens with zero attached hydrogens (tertiary/aromatic N) is 2. The quantitative estimate of drug-likeness (QED) is 0.373. The Hall–Kier alpha value is -0.340. The molecule has 0 spiro atoms. The molecule has 4 nitrogen and oxygen atoms in total. The maximum atomic E-state index is 4.48. The van der Waals surface area contributed by atoms with E-state index in [1.54, 1.807) is 0 Å². The molecule has 2 rings (SSSR count). The van der Waals surface area contributed by atoms with Crippen LogP contribution in [0.1, 0.15) is 32.3 Å². The summed E-state index contributed by atoms with van der Waals surface area (Å²) in [6.45, 7) is 9.22. The lowest BCUT2D eigenvalue weighted by atomic mass is 10.0. The van der Waals surface area contributed by atoms with Gasteiger partial charge >= 0.3 is 0 Å². The molecule has 1 aliphatic rings. The number of guanidine groups is 1. The van der Waals surface area contributed by atoms with E-state index in [1.165, 1.54) is 18.4 Å². The topological polar surface area (TPSA) is 39.7 Å². The van der Waals surface area contributed by atoms with E-state index in [4.69, 9.17) is 0 Å². The van der Waals surface area contributed by atoms with E-state index in [2.05, 4.69) is 74.6 Å². The predicted molar refractivity (Wildman–Crippen MR) is 113 cm³/mol. The minimum atomic E-state index is 0. The van der Waals surface area contributed by atoms with Crippen molar-refractivity contribution < 1.29 is 0 Å². The molecule has 0 unspecified atom stereocenters. The smallest absolute Gasteiger partial charge is 0.191 e. The van der Waals surface area contributed by atoms with Crippen molar-refractivity contribution in [2.45, 2.75) is 39.3 Å².